The first-order valence-electron chi connectivity index (χ1n) is 16.3. The van der Waals surface area contributed by atoms with Gasteiger partial charge in [0.25, 0.3) is 0 Å². The van der Waals surface area contributed by atoms with Crippen LogP contribution in [0.25, 0.3) is 0 Å². The van der Waals surface area contributed by atoms with Crippen LogP contribution in [0.3, 0.4) is 0 Å². The molecule has 0 radical (unpaired) electrons. The fourth-order valence-electron chi connectivity index (χ4n) is 5.92. The van der Waals surface area contributed by atoms with Crippen molar-refractivity contribution in [3.8, 4) is 0 Å². The van der Waals surface area contributed by atoms with Gasteiger partial charge in [0.1, 0.15) is 0 Å². The van der Waals surface area contributed by atoms with Gasteiger partial charge in [0.15, 0.2) is 0 Å². The van der Waals surface area contributed by atoms with Gasteiger partial charge in [-0.1, -0.05) is 122 Å². The van der Waals surface area contributed by atoms with Crippen molar-refractivity contribution >= 4 is 0 Å². The molecule has 3 nitrogen and oxygen atoms in total. The molecular formula is C32H67N3. The summed E-state index contributed by atoms with van der Waals surface area (Å²) in [6, 6.07) is 2.28. The summed E-state index contributed by atoms with van der Waals surface area (Å²) in [6.07, 6.45) is 35.6. The molecule has 0 unspecified atom stereocenters. The average Bonchev–Trinajstić information content (AvgIpc) is 2.88. The molecule has 0 aromatic carbocycles. The van der Waals surface area contributed by atoms with Crippen molar-refractivity contribution in [1.29, 1.82) is 0 Å². The third kappa shape index (κ3) is 21.7. The largest absolute Gasteiger partial charge is 0.328 e. The zero-order chi connectivity index (χ0) is 25.4. The molecule has 3 rings (SSSR count). The van der Waals surface area contributed by atoms with Crippen LogP contribution in [-0.4, -0.2) is 43.7 Å². The number of hydrogen-bond donors (Lipinski definition) is 2. The van der Waals surface area contributed by atoms with Crippen LogP contribution >= 0.6 is 0 Å². The quantitative estimate of drug-likeness (QED) is 0.251. The van der Waals surface area contributed by atoms with E-state index in [0.717, 1.165) is 12.1 Å². The second-order valence-electron chi connectivity index (χ2n) is 12.2. The molecule has 3 aliphatic rings. The molecule has 35 heavy (non-hydrogen) atoms. The lowest BCUT2D eigenvalue weighted by Crippen LogP contribution is -2.40. The van der Waals surface area contributed by atoms with E-state index in [2.05, 4.69) is 31.2 Å². The zero-order valence-corrected chi connectivity index (χ0v) is 24.6. The molecule has 3 aliphatic carbocycles. The standard InChI is InChI=1S/C14H31N.C12H23N.C6H13N/c1-4-5-6-7-8-9-10-11-12-13-14-15(2)3;1-3-7-11(8-4-1)13-12-9-5-2-6-10-12;7-6-4-2-1-3-5-6/h4-14H2,1-3H3;11-13H,1-10H2;6H,1-5,7H2. The molecule has 3 N–H and O–H groups in total. The van der Waals surface area contributed by atoms with Crippen LogP contribution in [0.4, 0.5) is 0 Å². The van der Waals surface area contributed by atoms with E-state index < -0.39 is 0 Å². The molecule has 3 fully saturated rings. The Balaban J connectivity index is 0.000000278. The van der Waals surface area contributed by atoms with Gasteiger partial charge >= 0.3 is 0 Å². The Morgan fingerprint density at radius 1 is 0.543 bits per heavy atom. The topological polar surface area (TPSA) is 41.3 Å². The average molecular weight is 494 g/mol. The number of nitrogens with two attached hydrogens (primary N) is 1. The maximum Gasteiger partial charge on any atom is 0.00696 e. The normalized spacial score (nSPS) is 20.1. The van der Waals surface area contributed by atoms with Crippen LogP contribution in [0.15, 0.2) is 0 Å². The van der Waals surface area contributed by atoms with Gasteiger partial charge in [-0.15, -0.1) is 0 Å². The van der Waals surface area contributed by atoms with E-state index in [4.69, 9.17) is 5.73 Å². The molecule has 0 amide bonds. The first-order valence-corrected chi connectivity index (χ1v) is 16.3. The van der Waals surface area contributed by atoms with E-state index in [1.165, 1.54) is 167 Å². The second-order valence-corrected chi connectivity index (χ2v) is 12.2. The van der Waals surface area contributed by atoms with E-state index in [1.807, 2.05) is 0 Å². The van der Waals surface area contributed by atoms with Gasteiger partial charge in [-0.05, 0) is 65.6 Å². The van der Waals surface area contributed by atoms with Gasteiger partial charge in [0.2, 0.25) is 0 Å². The van der Waals surface area contributed by atoms with Crippen molar-refractivity contribution in [1.82, 2.24) is 10.2 Å². The highest BCUT2D eigenvalue weighted by atomic mass is 15.0. The molecule has 0 aromatic heterocycles. The van der Waals surface area contributed by atoms with Crippen LogP contribution < -0.4 is 11.1 Å². The summed E-state index contributed by atoms with van der Waals surface area (Å²) in [6.45, 7) is 3.54. The number of nitrogens with one attached hydrogen (secondary N) is 1. The Kier molecular flexibility index (Phi) is 22.8. The molecule has 210 valence electrons. The molecule has 0 aromatic rings. The highest BCUT2D eigenvalue weighted by molar-refractivity contribution is 4.79. The summed E-state index contributed by atoms with van der Waals surface area (Å²) in [5, 5.41) is 3.86. The Morgan fingerprint density at radius 3 is 1.26 bits per heavy atom. The lowest BCUT2D eigenvalue weighted by atomic mass is 9.91. The maximum absolute atomic E-state index is 5.63. The van der Waals surface area contributed by atoms with Crippen molar-refractivity contribution < 1.29 is 0 Å². The number of rotatable bonds is 13. The lowest BCUT2D eigenvalue weighted by Gasteiger charge is -2.30. The van der Waals surface area contributed by atoms with Gasteiger partial charge < -0.3 is 16.0 Å². The third-order valence-electron chi connectivity index (χ3n) is 8.29. The summed E-state index contributed by atoms with van der Waals surface area (Å²) in [4.78, 5) is 2.28. The minimum absolute atomic E-state index is 0.536. The summed E-state index contributed by atoms with van der Waals surface area (Å²) in [5.41, 5.74) is 5.63. The van der Waals surface area contributed by atoms with Crippen molar-refractivity contribution in [2.24, 2.45) is 5.73 Å². The van der Waals surface area contributed by atoms with Crippen molar-refractivity contribution in [3.63, 3.8) is 0 Å². The predicted octanol–water partition coefficient (Wildman–Crippen LogP) is 8.99. The predicted molar refractivity (Wildman–Crippen MR) is 158 cm³/mol. The smallest absolute Gasteiger partial charge is 0.00696 e. The Hall–Kier alpha value is -0.120. The minimum atomic E-state index is 0.536. The van der Waals surface area contributed by atoms with Gasteiger partial charge in [0.05, 0.1) is 0 Å². The van der Waals surface area contributed by atoms with Gasteiger partial charge in [-0.2, -0.15) is 0 Å². The minimum Gasteiger partial charge on any atom is -0.328 e. The van der Waals surface area contributed by atoms with Crippen molar-refractivity contribution in [2.75, 3.05) is 20.6 Å². The molecule has 0 aliphatic heterocycles. The van der Waals surface area contributed by atoms with Crippen molar-refractivity contribution in [2.45, 2.75) is 186 Å². The third-order valence-corrected chi connectivity index (χ3v) is 8.29. The second kappa shape index (κ2) is 24.2. The van der Waals surface area contributed by atoms with Gasteiger partial charge in [-0.3, -0.25) is 0 Å². The van der Waals surface area contributed by atoms with Crippen LogP contribution in [0.1, 0.15) is 167 Å². The maximum atomic E-state index is 5.63. The first-order chi connectivity index (χ1) is 17.1. The molecular weight excluding hydrogens is 426 g/mol. The summed E-state index contributed by atoms with van der Waals surface area (Å²) >= 11 is 0. The van der Waals surface area contributed by atoms with Crippen LogP contribution in [0.2, 0.25) is 0 Å². The molecule has 0 atom stereocenters. The highest BCUT2D eigenvalue weighted by Gasteiger charge is 2.19. The van der Waals surface area contributed by atoms with E-state index in [0.29, 0.717) is 6.04 Å². The fraction of sp³-hybridized carbons (Fsp3) is 1.00. The van der Waals surface area contributed by atoms with E-state index in [1.54, 1.807) is 0 Å². The first kappa shape index (κ1) is 32.9. The van der Waals surface area contributed by atoms with Crippen LogP contribution in [0.5, 0.6) is 0 Å². The van der Waals surface area contributed by atoms with Gasteiger partial charge in [-0.25, -0.2) is 0 Å². The number of nitrogens with zero attached hydrogens (tertiary/aromatic N) is 1. The van der Waals surface area contributed by atoms with E-state index >= 15 is 0 Å². The molecule has 3 saturated carbocycles. The summed E-state index contributed by atoms with van der Waals surface area (Å²) < 4.78 is 0. The number of unbranched alkanes of at least 4 members (excludes halogenated alkanes) is 9. The number of hydrogen-bond acceptors (Lipinski definition) is 3. The molecule has 0 saturated heterocycles. The van der Waals surface area contributed by atoms with Gasteiger partial charge in [0, 0.05) is 18.1 Å². The SMILES string of the molecule is C1CCC(NC2CCCCC2)CC1.CCCCCCCCCCCCN(C)C.NC1CCCCC1. The van der Waals surface area contributed by atoms with Crippen LogP contribution in [-0.2, 0) is 0 Å². The van der Waals surface area contributed by atoms with E-state index in [9.17, 15) is 0 Å². The Bertz CT molecular complexity index is 391. The highest BCUT2D eigenvalue weighted by Crippen LogP contribution is 2.22. The Morgan fingerprint density at radius 2 is 0.914 bits per heavy atom. The summed E-state index contributed by atoms with van der Waals surface area (Å²) in [5.74, 6) is 0. The van der Waals surface area contributed by atoms with Crippen LogP contribution in [0, 0.1) is 0 Å². The molecule has 3 heteroatoms. The molecule has 0 bridgehead atoms. The van der Waals surface area contributed by atoms with Crippen molar-refractivity contribution in [3.05, 3.63) is 0 Å². The molecule has 0 spiro atoms. The fourth-order valence-corrected chi connectivity index (χ4v) is 5.92. The monoisotopic (exact) mass is 494 g/mol. The molecule has 0 heterocycles. The lowest BCUT2D eigenvalue weighted by molar-refractivity contribution is 0.291. The summed E-state index contributed by atoms with van der Waals surface area (Å²) in [7, 11) is 4.32. The van der Waals surface area contributed by atoms with E-state index in [-0.39, 0.29) is 0 Å². The zero-order valence-electron chi connectivity index (χ0n) is 24.6. The Labute approximate surface area is 222 Å².